The van der Waals surface area contributed by atoms with Crippen molar-refractivity contribution in [3.63, 3.8) is 0 Å². The van der Waals surface area contributed by atoms with E-state index in [0.717, 1.165) is 19.5 Å². The Labute approximate surface area is 135 Å². The number of carbonyl (C=O) groups is 2. The van der Waals surface area contributed by atoms with Gasteiger partial charge in [-0.2, -0.15) is 0 Å². The molecular formula is C16H20ClN3O2. The largest absolute Gasteiger partial charge is 0.329 e. The van der Waals surface area contributed by atoms with Crippen LogP contribution in [-0.2, 0) is 9.59 Å². The van der Waals surface area contributed by atoms with Crippen molar-refractivity contribution in [2.75, 3.05) is 25.0 Å². The minimum atomic E-state index is -0.619. The van der Waals surface area contributed by atoms with Crippen molar-refractivity contribution in [3.05, 3.63) is 29.3 Å². The maximum absolute atomic E-state index is 12.5. The number of benzene rings is 1. The number of para-hydroxylation sites is 1. The molecule has 2 saturated heterocycles. The second kappa shape index (κ2) is 6.26. The third kappa shape index (κ3) is 2.96. The maximum atomic E-state index is 12.5. The quantitative estimate of drug-likeness (QED) is 0.805. The first-order chi connectivity index (χ1) is 10.6. The van der Waals surface area contributed by atoms with Gasteiger partial charge in [-0.15, -0.1) is 0 Å². The molecular weight excluding hydrogens is 302 g/mol. The molecule has 0 aromatic heterocycles. The Morgan fingerprint density at radius 3 is 2.82 bits per heavy atom. The molecule has 0 bridgehead atoms. The van der Waals surface area contributed by atoms with Crippen LogP contribution in [0.4, 0.5) is 5.69 Å². The molecule has 22 heavy (non-hydrogen) atoms. The van der Waals surface area contributed by atoms with E-state index in [9.17, 15) is 9.59 Å². The molecule has 0 radical (unpaired) electrons. The van der Waals surface area contributed by atoms with E-state index in [4.69, 9.17) is 11.6 Å². The summed E-state index contributed by atoms with van der Waals surface area (Å²) >= 11 is 6.01. The van der Waals surface area contributed by atoms with Crippen molar-refractivity contribution in [1.82, 2.24) is 9.80 Å². The molecule has 0 saturated carbocycles. The van der Waals surface area contributed by atoms with E-state index in [1.165, 1.54) is 6.42 Å². The summed E-state index contributed by atoms with van der Waals surface area (Å²) in [5.41, 5.74) is 0.467. The molecule has 3 rings (SSSR count). The zero-order valence-electron chi connectivity index (χ0n) is 12.6. The summed E-state index contributed by atoms with van der Waals surface area (Å²) in [6, 6.07) is 7.37. The minimum Gasteiger partial charge on any atom is -0.329 e. The molecule has 6 heteroatoms. The number of carbonyl (C=O) groups excluding carboxylic acids is 2. The number of anilines is 1. The average Bonchev–Trinajstić information content (AvgIpc) is 2.95. The topological polar surface area (TPSA) is 52.7 Å². The number of amides is 2. The number of nitrogens with one attached hydrogen (secondary N) is 1. The van der Waals surface area contributed by atoms with Crippen LogP contribution in [-0.4, -0.2) is 53.3 Å². The van der Waals surface area contributed by atoms with Gasteiger partial charge in [0.25, 0.3) is 0 Å². The zero-order chi connectivity index (χ0) is 15.7. The van der Waals surface area contributed by atoms with Crippen molar-refractivity contribution in [2.45, 2.75) is 31.8 Å². The van der Waals surface area contributed by atoms with Gasteiger partial charge in [0.1, 0.15) is 0 Å². The first kappa shape index (κ1) is 15.3. The highest BCUT2D eigenvalue weighted by molar-refractivity contribution is 6.41. The van der Waals surface area contributed by atoms with Crippen molar-refractivity contribution in [1.29, 1.82) is 0 Å². The average molecular weight is 322 g/mol. The fourth-order valence-corrected chi connectivity index (χ4v) is 3.52. The predicted molar refractivity (Wildman–Crippen MR) is 85.9 cm³/mol. The Bertz CT molecular complexity index is 593. The molecule has 5 nitrogen and oxygen atoms in total. The molecule has 118 valence electrons. The molecule has 2 aliphatic rings. The highest BCUT2D eigenvalue weighted by atomic mass is 35.5. The maximum Gasteiger partial charge on any atom is 0.313 e. The number of hydrogen-bond donors (Lipinski definition) is 1. The molecule has 2 fully saturated rings. The smallest absolute Gasteiger partial charge is 0.313 e. The van der Waals surface area contributed by atoms with Gasteiger partial charge in [-0.05, 0) is 38.4 Å². The Hall–Kier alpha value is -1.59. The van der Waals surface area contributed by atoms with E-state index in [2.05, 4.69) is 10.2 Å². The van der Waals surface area contributed by atoms with E-state index in [0.29, 0.717) is 23.3 Å². The Balaban J connectivity index is 1.67. The summed E-state index contributed by atoms with van der Waals surface area (Å²) < 4.78 is 0. The van der Waals surface area contributed by atoms with Crippen LogP contribution in [0.5, 0.6) is 0 Å². The van der Waals surface area contributed by atoms with E-state index in [-0.39, 0.29) is 6.04 Å². The van der Waals surface area contributed by atoms with E-state index in [1.54, 1.807) is 29.2 Å². The first-order valence-electron chi connectivity index (χ1n) is 7.67. The molecule has 1 aromatic carbocycles. The molecule has 0 unspecified atom stereocenters. The third-order valence-electron chi connectivity index (χ3n) is 4.51. The van der Waals surface area contributed by atoms with Gasteiger partial charge in [0.05, 0.1) is 10.7 Å². The van der Waals surface area contributed by atoms with Gasteiger partial charge < -0.3 is 10.2 Å². The molecule has 2 aliphatic heterocycles. The molecule has 1 aromatic rings. The van der Waals surface area contributed by atoms with Crippen LogP contribution in [0, 0.1) is 0 Å². The predicted octanol–water partition coefficient (Wildman–Crippen LogP) is 1.97. The molecule has 2 atom stereocenters. The molecule has 2 amide bonds. The molecule has 0 aliphatic carbocycles. The van der Waals surface area contributed by atoms with Crippen molar-refractivity contribution in [3.8, 4) is 0 Å². The van der Waals surface area contributed by atoms with Gasteiger partial charge in [0, 0.05) is 25.2 Å². The standard InChI is InChI=1S/C16H20ClN3O2/c1-11-9-19-8-4-5-12(19)10-20(11)16(22)15(21)18-14-7-3-2-6-13(14)17/h2-3,6-7,11-12H,4-5,8-10H2,1H3,(H,18,21)/t11-,12-/m0/s1. The second-order valence-electron chi connectivity index (χ2n) is 6.03. The van der Waals surface area contributed by atoms with Crippen molar-refractivity contribution in [2.24, 2.45) is 0 Å². The van der Waals surface area contributed by atoms with Crippen molar-refractivity contribution < 1.29 is 9.59 Å². The lowest BCUT2D eigenvalue weighted by Gasteiger charge is -2.41. The summed E-state index contributed by atoms with van der Waals surface area (Å²) in [4.78, 5) is 28.8. The van der Waals surface area contributed by atoms with Gasteiger partial charge in [-0.25, -0.2) is 0 Å². The molecule has 2 heterocycles. The summed E-state index contributed by atoms with van der Waals surface area (Å²) in [7, 11) is 0. The summed E-state index contributed by atoms with van der Waals surface area (Å²) in [5.74, 6) is -1.09. The van der Waals surface area contributed by atoms with E-state index in [1.807, 2.05) is 6.92 Å². The third-order valence-corrected chi connectivity index (χ3v) is 4.84. The van der Waals surface area contributed by atoms with Gasteiger partial charge >= 0.3 is 11.8 Å². The minimum absolute atomic E-state index is 0.0545. The van der Waals surface area contributed by atoms with E-state index < -0.39 is 11.8 Å². The number of piperazine rings is 1. The number of rotatable bonds is 1. The van der Waals surface area contributed by atoms with Crippen LogP contribution in [0.25, 0.3) is 0 Å². The lowest BCUT2D eigenvalue weighted by atomic mass is 10.1. The summed E-state index contributed by atoms with van der Waals surface area (Å²) in [5, 5.41) is 3.04. The Morgan fingerprint density at radius 1 is 1.27 bits per heavy atom. The highest BCUT2D eigenvalue weighted by Crippen LogP contribution is 2.25. The number of nitrogens with zero attached hydrogens (tertiary/aromatic N) is 2. The van der Waals surface area contributed by atoms with Gasteiger partial charge in [0.15, 0.2) is 0 Å². The number of halogens is 1. The fourth-order valence-electron chi connectivity index (χ4n) is 3.34. The van der Waals surface area contributed by atoms with Gasteiger partial charge in [-0.1, -0.05) is 23.7 Å². The van der Waals surface area contributed by atoms with Crippen molar-refractivity contribution >= 4 is 29.1 Å². The van der Waals surface area contributed by atoms with Crippen LogP contribution in [0.1, 0.15) is 19.8 Å². The SMILES string of the molecule is C[C@H]1CN2CCC[C@H]2CN1C(=O)C(=O)Nc1ccccc1Cl. The summed E-state index contributed by atoms with van der Waals surface area (Å²) in [6.07, 6.45) is 2.27. The molecule has 0 spiro atoms. The van der Waals surface area contributed by atoms with Crippen LogP contribution < -0.4 is 5.32 Å². The monoisotopic (exact) mass is 321 g/mol. The van der Waals surface area contributed by atoms with Crippen LogP contribution in [0.3, 0.4) is 0 Å². The molecule has 1 N–H and O–H groups in total. The highest BCUT2D eigenvalue weighted by Gasteiger charge is 2.38. The summed E-state index contributed by atoms with van der Waals surface area (Å²) in [6.45, 7) is 4.57. The van der Waals surface area contributed by atoms with Crippen LogP contribution in [0.2, 0.25) is 5.02 Å². The number of fused-ring (bicyclic) bond motifs is 1. The fraction of sp³-hybridized carbons (Fsp3) is 0.500. The number of hydrogen-bond acceptors (Lipinski definition) is 3. The van der Waals surface area contributed by atoms with Gasteiger partial charge in [0.2, 0.25) is 0 Å². The first-order valence-corrected chi connectivity index (χ1v) is 8.04. The van der Waals surface area contributed by atoms with Crippen LogP contribution in [0.15, 0.2) is 24.3 Å². The Morgan fingerprint density at radius 2 is 2.05 bits per heavy atom. The normalized spacial score (nSPS) is 24.9. The second-order valence-corrected chi connectivity index (χ2v) is 6.44. The van der Waals surface area contributed by atoms with E-state index >= 15 is 0 Å². The van der Waals surface area contributed by atoms with Gasteiger partial charge in [-0.3, -0.25) is 14.5 Å². The zero-order valence-corrected chi connectivity index (χ0v) is 13.3. The lowest BCUT2D eigenvalue weighted by molar-refractivity contribution is -0.147. The van der Waals surface area contributed by atoms with Crippen LogP contribution >= 0.6 is 11.6 Å². The lowest BCUT2D eigenvalue weighted by Crippen LogP contribution is -2.58. The Kier molecular flexibility index (Phi) is 4.36.